The topological polar surface area (TPSA) is 113 Å². The highest BCUT2D eigenvalue weighted by atomic mass is 16.2. The number of amides is 1. The van der Waals surface area contributed by atoms with E-state index in [1.54, 1.807) is 30.4 Å². The Morgan fingerprint density at radius 3 is 2.64 bits per heavy atom. The van der Waals surface area contributed by atoms with Crippen LogP contribution in [0.2, 0.25) is 0 Å². The molecular formula is C20H23N7O. The summed E-state index contributed by atoms with van der Waals surface area (Å²) in [5.41, 5.74) is 9.00. The van der Waals surface area contributed by atoms with E-state index < -0.39 is 0 Å². The van der Waals surface area contributed by atoms with Crippen molar-refractivity contribution in [1.29, 1.82) is 0 Å². The second-order valence-corrected chi connectivity index (χ2v) is 6.25. The van der Waals surface area contributed by atoms with Gasteiger partial charge in [0.25, 0.3) is 0 Å². The van der Waals surface area contributed by atoms with Crippen LogP contribution in [-0.4, -0.2) is 32.1 Å². The van der Waals surface area contributed by atoms with Crippen molar-refractivity contribution in [3.05, 3.63) is 60.7 Å². The molecular weight excluding hydrogens is 354 g/mol. The molecule has 0 saturated carbocycles. The minimum atomic E-state index is -0.228. The van der Waals surface area contributed by atoms with Crippen LogP contribution in [0.25, 0.3) is 11.1 Å². The zero-order valence-electron chi connectivity index (χ0n) is 16.0. The SMILES string of the molecule is CC=C(C(C)Nc1nc(N)ncc1-c1cn[nH]c1)N(C(C)=O)c1ccccc1. The van der Waals surface area contributed by atoms with Gasteiger partial charge in [0, 0.05) is 41.8 Å². The van der Waals surface area contributed by atoms with Crippen molar-refractivity contribution >= 4 is 23.4 Å². The van der Waals surface area contributed by atoms with Gasteiger partial charge < -0.3 is 11.1 Å². The van der Waals surface area contributed by atoms with Crippen LogP contribution in [0.15, 0.2) is 60.7 Å². The number of aromatic nitrogens is 4. The molecule has 0 aliphatic heterocycles. The lowest BCUT2D eigenvalue weighted by molar-refractivity contribution is -0.116. The summed E-state index contributed by atoms with van der Waals surface area (Å²) >= 11 is 0. The molecule has 0 spiro atoms. The number of rotatable bonds is 6. The second kappa shape index (κ2) is 8.34. The van der Waals surface area contributed by atoms with Gasteiger partial charge >= 0.3 is 0 Å². The molecule has 1 amide bonds. The van der Waals surface area contributed by atoms with Gasteiger partial charge in [-0.05, 0) is 26.0 Å². The Morgan fingerprint density at radius 2 is 2.04 bits per heavy atom. The van der Waals surface area contributed by atoms with Gasteiger partial charge in [-0.1, -0.05) is 24.3 Å². The van der Waals surface area contributed by atoms with Crippen LogP contribution in [0.1, 0.15) is 20.8 Å². The van der Waals surface area contributed by atoms with Crippen molar-refractivity contribution in [1.82, 2.24) is 20.2 Å². The van der Waals surface area contributed by atoms with E-state index in [1.165, 1.54) is 0 Å². The molecule has 144 valence electrons. The molecule has 0 bridgehead atoms. The summed E-state index contributed by atoms with van der Waals surface area (Å²) in [4.78, 5) is 22.5. The molecule has 8 heteroatoms. The lowest BCUT2D eigenvalue weighted by atomic mass is 10.1. The number of nitrogen functional groups attached to an aromatic ring is 1. The third kappa shape index (κ3) is 4.01. The summed E-state index contributed by atoms with van der Waals surface area (Å²) in [5.74, 6) is 0.651. The van der Waals surface area contributed by atoms with Crippen LogP contribution in [-0.2, 0) is 4.79 Å². The maximum Gasteiger partial charge on any atom is 0.228 e. The lowest BCUT2D eigenvalue weighted by Crippen LogP contribution is -2.36. The molecule has 8 nitrogen and oxygen atoms in total. The normalized spacial score (nSPS) is 12.5. The van der Waals surface area contributed by atoms with Crippen molar-refractivity contribution in [3.63, 3.8) is 0 Å². The number of anilines is 3. The number of H-pyrrole nitrogens is 1. The van der Waals surface area contributed by atoms with E-state index in [9.17, 15) is 4.79 Å². The summed E-state index contributed by atoms with van der Waals surface area (Å²) in [6, 6.07) is 9.29. The molecule has 28 heavy (non-hydrogen) atoms. The molecule has 3 aromatic rings. The van der Waals surface area contributed by atoms with Gasteiger partial charge in [-0.2, -0.15) is 10.1 Å². The quantitative estimate of drug-likeness (QED) is 0.608. The van der Waals surface area contributed by atoms with Crippen LogP contribution in [0.4, 0.5) is 17.5 Å². The average molecular weight is 377 g/mol. The minimum Gasteiger partial charge on any atom is -0.368 e. The Hall–Kier alpha value is -3.68. The van der Waals surface area contributed by atoms with Crippen molar-refractivity contribution < 1.29 is 4.79 Å². The van der Waals surface area contributed by atoms with Crippen molar-refractivity contribution in [3.8, 4) is 11.1 Å². The summed E-state index contributed by atoms with van der Waals surface area (Å²) in [6.07, 6.45) is 7.01. The number of hydrogen-bond donors (Lipinski definition) is 3. The first-order valence-corrected chi connectivity index (χ1v) is 8.91. The maximum atomic E-state index is 12.4. The van der Waals surface area contributed by atoms with Crippen LogP contribution < -0.4 is 16.0 Å². The fraction of sp³-hybridized carbons (Fsp3) is 0.200. The number of nitrogens with one attached hydrogen (secondary N) is 2. The molecule has 1 unspecified atom stereocenters. The first-order valence-electron chi connectivity index (χ1n) is 8.91. The van der Waals surface area contributed by atoms with Gasteiger partial charge in [0.2, 0.25) is 11.9 Å². The van der Waals surface area contributed by atoms with Crippen LogP contribution in [0.5, 0.6) is 0 Å². The van der Waals surface area contributed by atoms with Gasteiger partial charge in [0.05, 0.1) is 12.2 Å². The molecule has 2 heterocycles. The second-order valence-electron chi connectivity index (χ2n) is 6.25. The molecule has 0 saturated heterocycles. The lowest BCUT2D eigenvalue weighted by Gasteiger charge is -2.29. The molecule has 0 aliphatic carbocycles. The van der Waals surface area contributed by atoms with Gasteiger partial charge in [-0.15, -0.1) is 0 Å². The van der Waals surface area contributed by atoms with E-state index in [4.69, 9.17) is 5.73 Å². The minimum absolute atomic E-state index is 0.0785. The fourth-order valence-corrected chi connectivity index (χ4v) is 3.06. The standard InChI is InChI=1S/C20H23N7O/c1-4-18(27(14(3)28)16-8-6-5-7-9-16)13(2)25-19-17(12-22-20(21)26-19)15-10-23-24-11-15/h4-13H,1-3H3,(H,23,24)(H3,21,22,25,26). The smallest absolute Gasteiger partial charge is 0.228 e. The number of para-hydroxylation sites is 1. The summed E-state index contributed by atoms with van der Waals surface area (Å²) in [5, 5.41) is 10.1. The molecule has 2 aromatic heterocycles. The van der Waals surface area contributed by atoms with E-state index in [-0.39, 0.29) is 17.9 Å². The molecule has 1 aromatic carbocycles. The number of hydrogen-bond acceptors (Lipinski definition) is 6. The monoisotopic (exact) mass is 377 g/mol. The van der Waals surface area contributed by atoms with Crippen LogP contribution in [0, 0.1) is 0 Å². The molecule has 3 rings (SSSR count). The molecule has 0 radical (unpaired) electrons. The first kappa shape index (κ1) is 19.1. The Labute approximate surface area is 163 Å². The number of aromatic amines is 1. The molecule has 4 N–H and O–H groups in total. The number of carbonyl (C=O) groups is 1. The van der Waals surface area contributed by atoms with Gasteiger partial charge in [0.15, 0.2) is 0 Å². The van der Waals surface area contributed by atoms with Gasteiger partial charge in [0.1, 0.15) is 5.82 Å². The average Bonchev–Trinajstić information content (AvgIpc) is 3.20. The largest absolute Gasteiger partial charge is 0.368 e. The van der Waals surface area contributed by atoms with Crippen molar-refractivity contribution in [2.45, 2.75) is 26.8 Å². The highest BCUT2D eigenvalue weighted by Gasteiger charge is 2.22. The Bertz CT molecular complexity index is 967. The predicted octanol–water partition coefficient (Wildman–Crippen LogP) is 3.21. The first-order chi connectivity index (χ1) is 13.5. The Balaban J connectivity index is 1.94. The summed E-state index contributed by atoms with van der Waals surface area (Å²) in [7, 11) is 0. The van der Waals surface area contributed by atoms with Crippen molar-refractivity contribution in [2.24, 2.45) is 0 Å². The van der Waals surface area contributed by atoms with E-state index in [2.05, 4.69) is 25.5 Å². The van der Waals surface area contributed by atoms with E-state index in [1.807, 2.05) is 50.3 Å². The third-order valence-corrected chi connectivity index (χ3v) is 4.30. The fourth-order valence-electron chi connectivity index (χ4n) is 3.06. The molecule has 1 atom stereocenters. The summed E-state index contributed by atoms with van der Waals surface area (Å²) in [6.45, 7) is 5.41. The third-order valence-electron chi connectivity index (χ3n) is 4.30. The molecule has 0 aliphatic rings. The van der Waals surface area contributed by atoms with Crippen LogP contribution >= 0.6 is 0 Å². The predicted molar refractivity (Wildman–Crippen MR) is 110 cm³/mol. The summed E-state index contributed by atoms with van der Waals surface area (Å²) < 4.78 is 0. The zero-order chi connectivity index (χ0) is 20.1. The van der Waals surface area contributed by atoms with E-state index in [0.717, 1.165) is 22.5 Å². The number of nitrogens with two attached hydrogens (primary N) is 1. The van der Waals surface area contributed by atoms with Gasteiger partial charge in [-0.3, -0.25) is 14.8 Å². The van der Waals surface area contributed by atoms with E-state index in [0.29, 0.717) is 5.82 Å². The van der Waals surface area contributed by atoms with Crippen molar-refractivity contribution in [2.75, 3.05) is 16.0 Å². The van der Waals surface area contributed by atoms with E-state index >= 15 is 0 Å². The highest BCUT2D eigenvalue weighted by molar-refractivity contribution is 5.95. The number of benzene rings is 1. The number of carbonyl (C=O) groups excluding carboxylic acids is 1. The number of allylic oxidation sites excluding steroid dienone is 1. The van der Waals surface area contributed by atoms with Gasteiger partial charge in [-0.25, -0.2) is 4.98 Å². The zero-order valence-corrected chi connectivity index (χ0v) is 16.0. The Morgan fingerprint density at radius 1 is 1.29 bits per heavy atom. The highest BCUT2D eigenvalue weighted by Crippen LogP contribution is 2.28. The Kier molecular flexibility index (Phi) is 5.69. The number of nitrogens with zero attached hydrogens (tertiary/aromatic N) is 4. The maximum absolute atomic E-state index is 12.4. The van der Waals surface area contributed by atoms with Crippen LogP contribution in [0.3, 0.4) is 0 Å². The molecule has 0 fully saturated rings.